The molecule has 0 bridgehead atoms. The van der Waals surface area contributed by atoms with Crippen molar-refractivity contribution in [2.45, 2.75) is 18.4 Å². The fourth-order valence-corrected chi connectivity index (χ4v) is 1.90. The van der Waals surface area contributed by atoms with Gasteiger partial charge < -0.3 is 14.9 Å². The lowest BCUT2D eigenvalue weighted by molar-refractivity contribution is 0.146. The highest BCUT2D eigenvalue weighted by Crippen LogP contribution is 2.54. The number of aliphatic hydroxyl groups is 1. The first kappa shape index (κ1) is 10.5. The molecule has 1 saturated carbocycles. The van der Waals surface area contributed by atoms with E-state index < -0.39 is 11.4 Å². The zero-order chi connectivity index (χ0) is 11.2. The Morgan fingerprint density at radius 1 is 1.53 bits per heavy atom. The Morgan fingerprint density at radius 3 is 2.60 bits per heavy atom. The average molecular weight is 233 g/mol. The second kappa shape index (κ2) is 3.25. The number of ether oxygens (including phenoxy) is 1. The van der Waals surface area contributed by atoms with Crippen molar-refractivity contribution in [3.63, 3.8) is 0 Å². The van der Waals surface area contributed by atoms with E-state index in [-0.39, 0.29) is 22.1 Å². The van der Waals surface area contributed by atoms with Crippen LogP contribution < -0.4 is 4.74 Å². The summed E-state index contributed by atoms with van der Waals surface area (Å²) >= 11 is 5.75. The second-order valence-corrected chi connectivity index (χ2v) is 4.01. The summed E-state index contributed by atoms with van der Waals surface area (Å²) in [6.45, 7) is 0. The molecule has 0 amide bonds. The third kappa shape index (κ3) is 1.54. The van der Waals surface area contributed by atoms with Crippen molar-refractivity contribution in [3.05, 3.63) is 22.5 Å². The first-order valence-corrected chi connectivity index (χ1v) is 4.85. The lowest BCUT2D eigenvalue weighted by Gasteiger charge is -2.16. The van der Waals surface area contributed by atoms with Crippen molar-refractivity contribution in [2.24, 2.45) is 0 Å². The van der Waals surface area contributed by atoms with Gasteiger partial charge in [-0.25, -0.2) is 4.39 Å². The molecule has 0 unspecified atom stereocenters. The number of methoxy groups -OCH3 is 1. The molecule has 0 atom stereocenters. The Hall–Kier alpha value is -1.00. The van der Waals surface area contributed by atoms with Crippen LogP contribution in [0, 0.1) is 5.82 Å². The fourth-order valence-electron chi connectivity index (χ4n) is 1.59. The van der Waals surface area contributed by atoms with Crippen LogP contribution in [0.25, 0.3) is 0 Å². The number of phenolic OH excluding ortho intramolecular Hbond substituents is 1. The van der Waals surface area contributed by atoms with Crippen LogP contribution >= 0.6 is 11.6 Å². The van der Waals surface area contributed by atoms with Crippen LogP contribution in [-0.4, -0.2) is 17.3 Å². The number of rotatable bonds is 2. The molecule has 0 aliphatic heterocycles. The van der Waals surface area contributed by atoms with Gasteiger partial charge in [0, 0.05) is 6.07 Å². The molecule has 1 aliphatic rings. The molecule has 1 fully saturated rings. The SMILES string of the molecule is COc1c(O)cc(F)c(Cl)c1C1(O)CC1. The van der Waals surface area contributed by atoms with E-state index in [1.807, 2.05) is 0 Å². The van der Waals surface area contributed by atoms with Gasteiger partial charge >= 0.3 is 0 Å². The van der Waals surface area contributed by atoms with Gasteiger partial charge in [-0.05, 0) is 12.8 Å². The van der Waals surface area contributed by atoms with E-state index >= 15 is 0 Å². The summed E-state index contributed by atoms with van der Waals surface area (Å²) in [4.78, 5) is 0. The molecule has 1 aliphatic carbocycles. The van der Waals surface area contributed by atoms with Crippen molar-refractivity contribution < 1.29 is 19.3 Å². The third-order valence-electron chi connectivity index (χ3n) is 2.55. The highest BCUT2D eigenvalue weighted by atomic mass is 35.5. The van der Waals surface area contributed by atoms with Gasteiger partial charge in [0.05, 0.1) is 23.3 Å². The van der Waals surface area contributed by atoms with Crippen molar-refractivity contribution in [1.29, 1.82) is 0 Å². The Labute approximate surface area is 91.1 Å². The highest BCUT2D eigenvalue weighted by molar-refractivity contribution is 6.32. The molecule has 82 valence electrons. The molecule has 1 aromatic rings. The molecule has 0 aromatic heterocycles. The predicted octanol–water partition coefficient (Wildman–Crippen LogP) is 2.17. The van der Waals surface area contributed by atoms with Crippen LogP contribution in [0.4, 0.5) is 4.39 Å². The van der Waals surface area contributed by atoms with Crippen molar-refractivity contribution in [2.75, 3.05) is 7.11 Å². The molecule has 15 heavy (non-hydrogen) atoms. The van der Waals surface area contributed by atoms with Crippen LogP contribution in [-0.2, 0) is 5.60 Å². The molecule has 0 radical (unpaired) electrons. The second-order valence-electron chi connectivity index (χ2n) is 3.63. The minimum Gasteiger partial charge on any atom is -0.504 e. The summed E-state index contributed by atoms with van der Waals surface area (Å²) in [5.41, 5.74) is -1.01. The van der Waals surface area contributed by atoms with Gasteiger partial charge in [0.1, 0.15) is 5.82 Å². The summed E-state index contributed by atoms with van der Waals surface area (Å²) in [6, 6.07) is 0.871. The predicted molar refractivity (Wildman–Crippen MR) is 52.8 cm³/mol. The Kier molecular flexibility index (Phi) is 2.28. The molecule has 0 spiro atoms. The van der Waals surface area contributed by atoms with Crippen molar-refractivity contribution in [1.82, 2.24) is 0 Å². The van der Waals surface area contributed by atoms with Crippen LogP contribution in [0.5, 0.6) is 11.5 Å². The summed E-state index contributed by atoms with van der Waals surface area (Å²) in [7, 11) is 1.33. The van der Waals surface area contributed by atoms with Gasteiger partial charge in [-0.15, -0.1) is 0 Å². The maximum atomic E-state index is 13.3. The summed E-state index contributed by atoms with van der Waals surface area (Å²) in [5, 5.41) is 19.2. The standard InChI is InChI=1S/C10H10ClFO3/c1-15-9-6(13)4-5(12)8(11)7(9)10(14)2-3-10/h4,13-14H,2-3H2,1H3. The summed E-state index contributed by atoms with van der Waals surface area (Å²) in [5.74, 6) is -1.07. The van der Waals surface area contributed by atoms with E-state index in [1.165, 1.54) is 7.11 Å². The number of halogens is 2. The number of hydrogen-bond acceptors (Lipinski definition) is 3. The van der Waals surface area contributed by atoms with Crippen LogP contribution in [0.1, 0.15) is 18.4 Å². The fraction of sp³-hybridized carbons (Fsp3) is 0.400. The third-order valence-corrected chi connectivity index (χ3v) is 2.91. The number of phenols is 1. The van der Waals surface area contributed by atoms with Gasteiger partial charge in [-0.3, -0.25) is 0 Å². The van der Waals surface area contributed by atoms with E-state index in [0.29, 0.717) is 12.8 Å². The lowest BCUT2D eigenvalue weighted by atomic mass is 10.1. The summed E-state index contributed by atoms with van der Waals surface area (Å²) in [6.07, 6.45) is 0.984. The van der Waals surface area contributed by atoms with Gasteiger partial charge in [0.2, 0.25) is 0 Å². The molecule has 0 saturated heterocycles. The molecule has 3 nitrogen and oxygen atoms in total. The molecule has 5 heteroatoms. The van der Waals surface area contributed by atoms with Gasteiger partial charge in [0.15, 0.2) is 11.5 Å². The Morgan fingerprint density at radius 2 is 2.13 bits per heavy atom. The quantitative estimate of drug-likeness (QED) is 0.822. The lowest BCUT2D eigenvalue weighted by Crippen LogP contribution is -2.09. The number of benzene rings is 1. The molecule has 2 N–H and O–H groups in total. The van der Waals surface area contributed by atoms with Gasteiger partial charge in [-0.2, -0.15) is 0 Å². The van der Waals surface area contributed by atoms with E-state index in [9.17, 15) is 14.6 Å². The molecular weight excluding hydrogens is 223 g/mol. The minimum absolute atomic E-state index is 0.0430. The molecule has 1 aromatic carbocycles. The first-order valence-electron chi connectivity index (χ1n) is 4.47. The van der Waals surface area contributed by atoms with Gasteiger partial charge in [-0.1, -0.05) is 11.6 Å². The largest absolute Gasteiger partial charge is 0.504 e. The Bertz CT molecular complexity index is 416. The molecular formula is C10H10ClFO3. The minimum atomic E-state index is -1.15. The smallest absolute Gasteiger partial charge is 0.168 e. The zero-order valence-corrected chi connectivity index (χ0v) is 8.81. The number of aromatic hydroxyl groups is 1. The van der Waals surface area contributed by atoms with Crippen molar-refractivity contribution in [3.8, 4) is 11.5 Å². The average Bonchev–Trinajstić information content (AvgIpc) is 2.90. The van der Waals surface area contributed by atoms with E-state index in [1.54, 1.807) is 0 Å². The monoisotopic (exact) mass is 232 g/mol. The van der Waals surface area contributed by atoms with Crippen LogP contribution in [0.3, 0.4) is 0 Å². The number of hydrogen-bond donors (Lipinski definition) is 2. The van der Waals surface area contributed by atoms with E-state index in [2.05, 4.69) is 0 Å². The maximum absolute atomic E-state index is 13.3. The normalized spacial score (nSPS) is 17.6. The van der Waals surface area contributed by atoms with Crippen molar-refractivity contribution >= 4 is 11.6 Å². The van der Waals surface area contributed by atoms with Crippen LogP contribution in [0.15, 0.2) is 6.07 Å². The molecule has 0 heterocycles. The molecule has 2 rings (SSSR count). The van der Waals surface area contributed by atoms with E-state index in [0.717, 1.165) is 6.07 Å². The highest BCUT2D eigenvalue weighted by Gasteiger charge is 2.47. The van der Waals surface area contributed by atoms with E-state index in [4.69, 9.17) is 16.3 Å². The topological polar surface area (TPSA) is 49.7 Å². The Balaban J connectivity index is 2.68. The van der Waals surface area contributed by atoms with Gasteiger partial charge in [0.25, 0.3) is 0 Å². The van der Waals surface area contributed by atoms with Crippen LogP contribution in [0.2, 0.25) is 5.02 Å². The first-order chi connectivity index (χ1) is 6.99. The zero-order valence-electron chi connectivity index (χ0n) is 8.05. The maximum Gasteiger partial charge on any atom is 0.168 e. The summed E-state index contributed by atoms with van der Waals surface area (Å²) < 4.78 is 18.2.